The van der Waals surface area contributed by atoms with Crippen LogP contribution in [0.4, 0.5) is 5.69 Å². The van der Waals surface area contributed by atoms with Gasteiger partial charge in [0.05, 0.1) is 5.92 Å². The van der Waals surface area contributed by atoms with Crippen LogP contribution in [0.2, 0.25) is 0 Å². The molecular weight excluding hydrogens is 268 g/mol. The minimum atomic E-state index is -0.845. The number of carbonyl (C=O) groups excluding carboxylic acids is 1. The minimum Gasteiger partial charge on any atom is -0.481 e. The number of carbonyl (C=O) groups is 2. The lowest BCUT2D eigenvalue weighted by atomic mass is 9.92. The number of aliphatic carboxylic acids is 1. The van der Waals surface area contributed by atoms with Crippen molar-refractivity contribution >= 4 is 17.6 Å². The van der Waals surface area contributed by atoms with Crippen LogP contribution in [-0.2, 0) is 16.0 Å². The molecule has 0 saturated heterocycles. The first-order valence-electron chi connectivity index (χ1n) is 7.37. The summed E-state index contributed by atoms with van der Waals surface area (Å²) in [7, 11) is 0. The Kier molecular flexibility index (Phi) is 4.96. The number of anilines is 1. The lowest BCUT2D eigenvalue weighted by Gasteiger charge is -2.33. The number of carboxylic acids is 1. The van der Waals surface area contributed by atoms with Crippen LogP contribution >= 0.6 is 0 Å². The van der Waals surface area contributed by atoms with Gasteiger partial charge in [-0.3, -0.25) is 9.59 Å². The van der Waals surface area contributed by atoms with Gasteiger partial charge in [0.2, 0.25) is 5.91 Å². The van der Waals surface area contributed by atoms with Crippen LogP contribution in [0.25, 0.3) is 0 Å². The fourth-order valence-electron chi connectivity index (χ4n) is 2.79. The molecule has 21 heavy (non-hydrogen) atoms. The maximum atomic E-state index is 12.5. The number of rotatable bonds is 5. The van der Waals surface area contributed by atoms with Crippen molar-refractivity contribution in [2.24, 2.45) is 5.92 Å². The molecule has 0 saturated carbocycles. The van der Waals surface area contributed by atoms with E-state index in [-0.39, 0.29) is 18.5 Å². The second-order valence-corrected chi connectivity index (χ2v) is 5.54. The largest absolute Gasteiger partial charge is 0.481 e. The number of nitrogens with zero attached hydrogens (tertiary/aromatic N) is 1. The summed E-state index contributed by atoms with van der Waals surface area (Å²) in [5.41, 5.74) is 1.78. The highest BCUT2D eigenvalue weighted by molar-refractivity contribution is 5.96. The molecule has 2 rings (SSSR count). The zero-order valence-electron chi connectivity index (χ0n) is 12.5. The second-order valence-electron chi connectivity index (χ2n) is 5.54. The van der Waals surface area contributed by atoms with Crippen LogP contribution in [-0.4, -0.2) is 36.1 Å². The SMILES string of the molecule is CCNC(C)CC(=O)N1CC(C(=O)O)Cc2ccccc21. The average Bonchev–Trinajstić information content (AvgIpc) is 2.46. The first-order chi connectivity index (χ1) is 10.0. The van der Waals surface area contributed by atoms with E-state index in [1.165, 1.54) is 0 Å². The Labute approximate surface area is 125 Å². The van der Waals surface area contributed by atoms with E-state index in [4.69, 9.17) is 0 Å². The minimum absolute atomic E-state index is 0.0261. The number of benzene rings is 1. The molecule has 2 atom stereocenters. The Balaban J connectivity index is 2.20. The second kappa shape index (κ2) is 6.72. The van der Waals surface area contributed by atoms with Gasteiger partial charge in [-0.1, -0.05) is 25.1 Å². The number of hydrogen-bond acceptors (Lipinski definition) is 3. The van der Waals surface area contributed by atoms with Gasteiger partial charge in [0.25, 0.3) is 0 Å². The fourth-order valence-corrected chi connectivity index (χ4v) is 2.79. The van der Waals surface area contributed by atoms with Crippen LogP contribution in [0.5, 0.6) is 0 Å². The maximum absolute atomic E-state index is 12.5. The topological polar surface area (TPSA) is 69.6 Å². The molecule has 0 spiro atoms. The first kappa shape index (κ1) is 15.5. The molecule has 2 N–H and O–H groups in total. The van der Waals surface area contributed by atoms with Gasteiger partial charge in [-0.15, -0.1) is 0 Å². The van der Waals surface area contributed by atoms with Crippen molar-refractivity contribution in [3.63, 3.8) is 0 Å². The highest BCUT2D eigenvalue weighted by Crippen LogP contribution is 2.30. The summed E-state index contributed by atoms with van der Waals surface area (Å²) in [6.07, 6.45) is 0.854. The van der Waals surface area contributed by atoms with Gasteiger partial charge >= 0.3 is 5.97 Å². The summed E-state index contributed by atoms with van der Waals surface area (Å²) < 4.78 is 0. The third-order valence-electron chi connectivity index (χ3n) is 3.84. The maximum Gasteiger partial charge on any atom is 0.308 e. The predicted molar refractivity (Wildman–Crippen MR) is 81.4 cm³/mol. The van der Waals surface area contributed by atoms with Gasteiger partial charge in [-0.2, -0.15) is 0 Å². The molecule has 1 amide bonds. The van der Waals surface area contributed by atoms with E-state index in [0.717, 1.165) is 17.8 Å². The van der Waals surface area contributed by atoms with Crippen LogP contribution < -0.4 is 10.2 Å². The Morgan fingerprint density at radius 3 is 2.81 bits per heavy atom. The molecule has 1 heterocycles. The molecule has 0 radical (unpaired) electrons. The van der Waals surface area contributed by atoms with Crippen molar-refractivity contribution in [2.45, 2.75) is 32.7 Å². The van der Waals surface area contributed by atoms with Gasteiger partial charge in [0.1, 0.15) is 0 Å². The van der Waals surface area contributed by atoms with Gasteiger partial charge in [-0.05, 0) is 31.5 Å². The summed E-state index contributed by atoms with van der Waals surface area (Å²) in [6, 6.07) is 7.64. The van der Waals surface area contributed by atoms with Crippen molar-refractivity contribution in [3.8, 4) is 0 Å². The highest BCUT2D eigenvalue weighted by Gasteiger charge is 2.32. The molecule has 5 heteroatoms. The van der Waals surface area contributed by atoms with Crippen LogP contribution in [0.15, 0.2) is 24.3 Å². The number of amides is 1. The number of nitrogens with one attached hydrogen (secondary N) is 1. The molecule has 0 bridgehead atoms. The van der Waals surface area contributed by atoms with E-state index < -0.39 is 11.9 Å². The highest BCUT2D eigenvalue weighted by atomic mass is 16.4. The number of hydrogen-bond donors (Lipinski definition) is 2. The molecule has 1 aromatic rings. The summed E-state index contributed by atoms with van der Waals surface area (Å²) in [5.74, 6) is -1.40. The summed E-state index contributed by atoms with van der Waals surface area (Å²) >= 11 is 0. The third kappa shape index (κ3) is 3.61. The fraction of sp³-hybridized carbons (Fsp3) is 0.500. The smallest absolute Gasteiger partial charge is 0.308 e. The summed E-state index contributed by atoms with van der Waals surface area (Å²) in [5, 5.41) is 12.5. The van der Waals surface area contributed by atoms with E-state index >= 15 is 0 Å². The molecule has 1 aliphatic heterocycles. The molecule has 0 aliphatic carbocycles. The molecule has 1 aliphatic rings. The summed E-state index contributed by atoms with van der Waals surface area (Å²) in [4.78, 5) is 25.4. The Hall–Kier alpha value is -1.88. The van der Waals surface area contributed by atoms with Crippen molar-refractivity contribution in [3.05, 3.63) is 29.8 Å². The van der Waals surface area contributed by atoms with Gasteiger partial charge < -0.3 is 15.3 Å². The number of para-hydroxylation sites is 1. The van der Waals surface area contributed by atoms with Gasteiger partial charge in [0, 0.05) is 24.7 Å². The Morgan fingerprint density at radius 2 is 2.14 bits per heavy atom. The monoisotopic (exact) mass is 290 g/mol. The number of carboxylic acid groups (broad SMARTS) is 1. The van der Waals surface area contributed by atoms with Gasteiger partial charge in [0.15, 0.2) is 0 Å². The molecule has 0 aromatic heterocycles. The molecule has 2 unspecified atom stereocenters. The summed E-state index contributed by atoms with van der Waals surface area (Å²) in [6.45, 7) is 5.02. The predicted octanol–water partition coefficient (Wildman–Crippen LogP) is 1.66. The van der Waals surface area contributed by atoms with Crippen molar-refractivity contribution in [2.75, 3.05) is 18.0 Å². The third-order valence-corrected chi connectivity index (χ3v) is 3.84. The standard InChI is InChI=1S/C16H22N2O3/c1-3-17-11(2)8-15(19)18-10-13(16(20)21)9-12-6-4-5-7-14(12)18/h4-7,11,13,17H,3,8-10H2,1-2H3,(H,20,21). The van der Waals surface area contributed by atoms with E-state index in [0.29, 0.717) is 12.8 Å². The molecule has 5 nitrogen and oxygen atoms in total. The first-order valence-corrected chi connectivity index (χ1v) is 7.37. The van der Waals surface area contributed by atoms with Crippen molar-refractivity contribution < 1.29 is 14.7 Å². The molecule has 1 aromatic carbocycles. The van der Waals surface area contributed by atoms with Crippen molar-refractivity contribution in [1.82, 2.24) is 5.32 Å². The lowest BCUT2D eigenvalue weighted by Crippen LogP contribution is -2.44. The lowest BCUT2D eigenvalue weighted by molar-refractivity contribution is -0.141. The van der Waals surface area contributed by atoms with Crippen molar-refractivity contribution in [1.29, 1.82) is 0 Å². The average molecular weight is 290 g/mol. The number of fused-ring (bicyclic) bond motifs is 1. The van der Waals surface area contributed by atoms with E-state index in [9.17, 15) is 14.7 Å². The quantitative estimate of drug-likeness (QED) is 0.865. The molecule has 114 valence electrons. The molecular formula is C16H22N2O3. The van der Waals surface area contributed by atoms with Crippen LogP contribution in [0.3, 0.4) is 0 Å². The van der Waals surface area contributed by atoms with Crippen LogP contribution in [0.1, 0.15) is 25.8 Å². The van der Waals surface area contributed by atoms with Gasteiger partial charge in [-0.25, -0.2) is 0 Å². The van der Waals surface area contributed by atoms with E-state index in [1.54, 1.807) is 4.90 Å². The van der Waals surface area contributed by atoms with E-state index in [2.05, 4.69) is 5.32 Å². The Bertz CT molecular complexity index is 530. The van der Waals surface area contributed by atoms with E-state index in [1.807, 2.05) is 38.1 Å². The van der Waals surface area contributed by atoms with Crippen LogP contribution in [0, 0.1) is 5.92 Å². The Morgan fingerprint density at radius 1 is 1.43 bits per heavy atom. The molecule has 0 fully saturated rings. The normalized spacial score (nSPS) is 19.0. The zero-order chi connectivity index (χ0) is 15.4. The zero-order valence-corrected chi connectivity index (χ0v) is 12.5.